The lowest BCUT2D eigenvalue weighted by Crippen LogP contribution is -2.20. The number of hydrogen-bond acceptors (Lipinski definition) is 7. The van der Waals surface area contributed by atoms with Crippen molar-refractivity contribution in [3.8, 4) is 5.75 Å². The van der Waals surface area contributed by atoms with Gasteiger partial charge in [-0.25, -0.2) is 0 Å². The average Bonchev–Trinajstić information content (AvgIpc) is 3.22. The Morgan fingerprint density at radius 3 is 2.47 bits per heavy atom. The molecule has 1 aliphatic carbocycles. The van der Waals surface area contributed by atoms with E-state index in [1.807, 2.05) is 36.4 Å². The number of amides is 1. The number of hydrogen-bond donors (Lipinski definition) is 1. The molecule has 2 aromatic carbocycles. The lowest BCUT2D eigenvalue weighted by Gasteiger charge is -2.11. The zero-order valence-electron chi connectivity index (χ0n) is 15.7. The van der Waals surface area contributed by atoms with Crippen LogP contribution in [0.4, 0.5) is 5.69 Å². The van der Waals surface area contributed by atoms with Gasteiger partial charge in [-0.3, -0.25) is 14.4 Å². The van der Waals surface area contributed by atoms with E-state index in [9.17, 15) is 14.4 Å². The van der Waals surface area contributed by atoms with Crippen LogP contribution >= 0.6 is 11.8 Å². The molecule has 7 nitrogen and oxygen atoms in total. The Hall–Kier alpha value is -3.65. The predicted molar refractivity (Wildman–Crippen MR) is 112 cm³/mol. The number of rotatable bonds is 7. The Balaban J connectivity index is 1.44. The highest BCUT2D eigenvalue weighted by molar-refractivity contribution is 8.04. The van der Waals surface area contributed by atoms with Crippen molar-refractivity contribution in [1.29, 1.82) is 0 Å². The number of aromatic nitrogens is 1. The molecule has 0 unspecified atom stereocenters. The van der Waals surface area contributed by atoms with Gasteiger partial charge in [0.25, 0.3) is 5.91 Å². The number of nitrogens with zero attached hydrogens (tertiary/aromatic N) is 1. The molecule has 0 fully saturated rings. The Kier molecular flexibility index (Phi) is 5.76. The number of ether oxygens (including phenoxy) is 1. The van der Waals surface area contributed by atoms with Gasteiger partial charge in [-0.15, -0.1) is 11.8 Å². The summed E-state index contributed by atoms with van der Waals surface area (Å²) in [6, 6.07) is 18.0. The first-order valence-electron chi connectivity index (χ1n) is 9.11. The van der Waals surface area contributed by atoms with Gasteiger partial charge >= 0.3 is 0 Å². The van der Waals surface area contributed by atoms with E-state index in [0.29, 0.717) is 18.0 Å². The molecule has 1 aromatic heterocycles. The first-order chi connectivity index (χ1) is 14.6. The summed E-state index contributed by atoms with van der Waals surface area (Å²) < 4.78 is 10.6. The number of thioether (sulfide) groups is 1. The van der Waals surface area contributed by atoms with Crippen molar-refractivity contribution in [1.82, 2.24) is 5.16 Å². The SMILES string of the molecule is O=C(Nc1ccccc1)c1noc2c1C(=O)C(SCCOc1ccccc1)=CC2=O. The quantitative estimate of drug-likeness (QED) is 0.577. The molecule has 1 amide bonds. The van der Waals surface area contributed by atoms with Gasteiger partial charge < -0.3 is 14.6 Å². The minimum Gasteiger partial charge on any atom is -0.493 e. The largest absolute Gasteiger partial charge is 0.493 e. The average molecular weight is 420 g/mol. The van der Waals surface area contributed by atoms with Crippen molar-refractivity contribution >= 4 is 34.9 Å². The van der Waals surface area contributed by atoms with Crippen LogP contribution < -0.4 is 10.1 Å². The molecule has 8 heteroatoms. The lowest BCUT2D eigenvalue weighted by molar-refractivity contribution is 0.0967. The minimum absolute atomic E-state index is 0.109. The molecular formula is C22H16N2O5S. The minimum atomic E-state index is -0.619. The van der Waals surface area contributed by atoms with Gasteiger partial charge in [0, 0.05) is 17.5 Å². The third kappa shape index (κ3) is 4.18. The van der Waals surface area contributed by atoms with Crippen LogP contribution in [0.1, 0.15) is 31.4 Å². The van der Waals surface area contributed by atoms with Crippen LogP contribution in [0.2, 0.25) is 0 Å². The van der Waals surface area contributed by atoms with E-state index < -0.39 is 17.5 Å². The Bertz CT molecular complexity index is 1120. The van der Waals surface area contributed by atoms with Crippen molar-refractivity contribution in [2.24, 2.45) is 0 Å². The first kappa shape index (κ1) is 19.7. The fourth-order valence-corrected chi connectivity index (χ4v) is 3.65. The molecule has 1 heterocycles. The van der Waals surface area contributed by atoms with E-state index in [4.69, 9.17) is 9.26 Å². The molecule has 1 aliphatic rings. The molecule has 1 N–H and O–H groups in total. The number of anilines is 1. The van der Waals surface area contributed by atoms with Crippen molar-refractivity contribution in [3.05, 3.63) is 88.7 Å². The van der Waals surface area contributed by atoms with E-state index in [0.717, 1.165) is 5.75 Å². The highest BCUT2D eigenvalue weighted by atomic mass is 32.2. The van der Waals surface area contributed by atoms with E-state index in [1.54, 1.807) is 24.3 Å². The smallest absolute Gasteiger partial charge is 0.278 e. The van der Waals surface area contributed by atoms with E-state index in [-0.39, 0.29) is 21.9 Å². The van der Waals surface area contributed by atoms with Crippen LogP contribution in [-0.4, -0.2) is 35.0 Å². The summed E-state index contributed by atoms with van der Waals surface area (Å²) in [7, 11) is 0. The molecule has 0 spiro atoms. The van der Waals surface area contributed by atoms with Crippen LogP contribution in [0.15, 0.2) is 76.2 Å². The number of fused-ring (bicyclic) bond motifs is 1. The summed E-state index contributed by atoms with van der Waals surface area (Å²) in [5, 5.41) is 6.31. The maximum Gasteiger partial charge on any atom is 0.278 e. The molecule has 0 radical (unpaired) electrons. The summed E-state index contributed by atoms with van der Waals surface area (Å²) in [6.45, 7) is 0.353. The monoisotopic (exact) mass is 420 g/mol. The molecule has 30 heavy (non-hydrogen) atoms. The maximum absolute atomic E-state index is 12.9. The number of allylic oxidation sites excluding steroid dienone is 2. The summed E-state index contributed by atoms with van der Waals surface area (Å²) in [5.74, 6) is -0.629. The van der Waals surface area contributed by atoms with Crippen molar-refractivity contribution in [2.75, 3.05) is 17.7 Å². The molecule has 0 aliphatic heterocycles. The summed E-state index contributed by atoms with van der Waals surface area (Å²) in [4.78, 5) is 38.1. The zero-order chi connectivity index (χ0) is 20.9. The van der Waals surface area contributed by atoms with Gasteiger partial charge in [0.1, 0.15) is 11.3 Å². The van der Waals surface area contributed by atoms with Crippen molar-refractivity contribution < 1.29 is 23.6 Å². The van der Waals surface area contributed by atoms with Crippen molar-refractivity contribution in [3.63, 3.8) is 0 Å². The van der Waals surface area contributed by atoms with Gasteiger partial charge in [0.15, 0.2) is 5.69 Å². The van der Waals surface area contributed by atoms with Crippen LogP contribution in [-0.2, 0) is 0 Å². The second-order valence-electron chi connectivity index (χ2n) is 6.27. The molecule has 0 atom stereocenters. The van der Waals surface area contributed by atoms with Gasteiger partial charge in [0.05, 0.1) is 11.5 Å². The molecular weight excluding hydrogens is 404 g/mol. The number of carbonyl (C=O) groups is 3. The summed E-state index contributed by atoms with van der Waals surface area (Å²) in [6.07, 6.45) is 1.21. The second kappa shape index (κ2) is 8.79. The Morgan fingerprint density at radius 1 is 1.03 bits per heavy atom. The van der Waals surface area contributed by atoms with Crippen LogP contribution in [0.25, 0.3) is 0 Å². The maximum atomic E-state index is 12.9. The van der Waals surface area contributed by atoms with Crippen molar-refractivity contribution in [2.45, 2.75) is 0 Å². The number of para-hydroxylation sites is 2. The topological polar surface area (TPSA) is 98.5 Å². The third-order valence-electron chi connectivity index (χ3n) is 4.23. The standard InChI is InChI=1S/C22H16N2O5S/c25-16-13-17(30-12-11-28-15-9-5-2-6-10-15)20(26)18-19(24-29-21(16)18)22(27)23-14-7-3-1-4-8-14/h1-10,13H,11-12H2,(H,23,27). The van der Waals surface area contributed by atoms with Gasteiger partial charge in [0.2, 0.25) is 17.3 Å². The Labute approximate surface area is 176 Å². The Morgan fingerprint density at radius 2 is 1.73 bits per heavy atom. The molecule has 0 saturated carbocycles. The molecule has 3 aromatic rings. The first-order valence-corrected chi connectivity index (χ1v) is 10.1. The fourth-order valence-electron chi connectivity index (χ4n) is 2.84. The van der Waals surface area contributed by atoms with Gasteiger partial charge in [-0.1, -0.05) is 41.6 Å². The predicted octanol–water partition coefficient (Wildman–Crippen LogP) is 4.00. The van der Waals surface area contributed by atoms with Gasteiger partial charge in [-0.05, 0) is 24.3 Å². The van der Waals surface area contributed by atoms with Crippen LogP contribution in [0, 0.1) is 0 Å². The molecule has 0 saturated heterocycles. The van der Waals surface area contributed by atoms with E-state index in [2.05, 4.69) is 10.5 Å². The lowest BCUT2D eigenvalue weighted by atomic mass is 9.99. The van der Waals surface area contributed by atoms with Crippen LogP contribution in [0.5, 0.6) is 5.75 Å². The number of benzene rings is 2. The molecule has 0 bridgehead atoms. The summed E-state index contributed by atoms with van der Waals surface area (Å²) in [5.41, 5.74) is 0.221. The third-order valence-corrected chi connectivity index (χ3v) is 5.21. The van der Waals surface area contributed by atoms with Gasteiger partial charge in [-0.2, -0.15) is 0 Å². The fraction of sp³-hybridized carbons (Fsp3) is 0.0909. The van der Waals surface area contributed by atoms with E-state index >= 15 is 0 Å². The highest BCUT2D eigenvalue weighted by Gasteiger charge is 2.36. The molecule has 150 valence electrons. The van der Waals surface area contributed by atoms with Crippen LogP contribution in [0.3, 0.4) is 0 Å². The number of ketones is 2. The van der Waals surface area contributed by atoms with E-state index in [1.165, 1.54) is 17.8 Å². The number of nitrogens with one attached hydrogen (secondary N) is 1. The zero-order valence-corrected chi connectivity index (χ0v) is 16.5. The number of Topliss-reactive ketones (excluding diaryl/α,β-unsaturated/α-hetero) is 1. The number of carbonyl (C=O) groups excluding carboxylic acids is 3. The normalized spacial score (nSPS) is 12.9. The summed E-state index contributed by atoms with van der Waals surface area (Å²) >= 11 is 1.18. The highest BCUT2D eigenvalue weighted by Crippen LogP contribution is 2.30. The second-order valence-corrected chi connectivity index (χ2v) is 7.40. The molecule has 4 rings (SSSR count).